The number of para-hydroxylation sites is 1. The summed E-state index contributed by atoms with van der Waals surface area (Å²) in [6, 6.07) is 10.8. The first-order valence-corrected chi connectivity index (χ1v) is 7.05. The van der Waals surface area contributed by atoms with Crippen molar-refractivity contribution < 1.29 is 0 Å². The number of nitrogens with one attached hydrogen (secondary N) is 1. The van der Waals surface area contributed by atoms with Gasteiger partial charge >= 0.3 is 0 Å². The quantitative estimate of drug-likeness (QED) is 0.772. The maximum Gasteiger partial charge on any atom is 0.0539 e. The molecule has 0 aliphatic heterocycles. The molecular weight excluding hydrogens is 248 g/mol. The van der Waals surface area contributed by atoms with Crippen LogP contribution < -0.4 is 5.32 Å². The van der Waals surface area contributed by atoms with Gasteiger partial charge in [-0.15, -0.1) is 0 Å². The highest BCUT2D eigenvalue weighted by atomic mass is 15.3. The molecule has 1 N–H and O–H groups in total. The van der Waals surface area contributed by atoms with Crippen LogP contribution in [0.4, 0.5) is 0 Å². The van der Waals surface area contributed by atoms with E-state index < -0.39 is 0 Å². The fourth-order valence-corrected chi connectivity index (χ4v) is 2.63. The highest BCUT2D eigenvalue weighted by Crippen LogP contribution is 2.21. The van der Waals surface area contributed by atoms with Crippen molar-refractivity contribution in [2.45, 2.75) is 26.6 Å². The van der Waals surface area contributed by atoms with Gasteiger partial charge in [-0.2, -0.15) is 5.10 Å². The van der Waals surface area contributed by atoms with Crippen LogP contribution in [0.2, 0.25) is 0 Å². The van der Waals surface area contributed by atoms with Crippen LogP contribution in [0, 0.1) is 0 Å². The van der Waals surface area contributed by atoms with E-state index in [1.165, 1.54) is 22.2 Å². The van der Waals surface area contributed by atoms with E-state index in [1.54, 1.807) is 0 Å². The van der Waals surface area contributed by atoms with Crippen molar-refractivity contribution in [1.29, 1.82) is 0 Å². The minimum Gasteiger partial charge on any atom is -0.339 e. The minimum absolute atomic E-state index is 0.866. The summed E-state index contributed by atoms with van der Waals surface area (Å²) >= 11 is 0. The lowest BCUT2D eigenvalue weighted by Crippen LogP contribution is -2.11. The van der Waals surface area contributed by atoms with Gasteiger partial charge in [0.2, 0.25) is 0 Å². The molecule has 0 radical (unpaired) electrons. The van der Waals surface area contributed by atoms with Gasteiger partial charge in [-0.05, 0) is 31.5 Å². The standard InChI is InChI=1S/C16H20N4/c1-3-19-11-13(9-18-19)12-20-15(10-17-2)8-14-6-4-5-7-16(14)20/h4-9,11,17H,3,10,12H2,1-2H3. The van der Waals surface area contributed by atoms with Crippen molar-refractivity contribution in [2.24, 2.45) is 0 Å². The van der Waals surface area contributed by atoms with Crippen molar-refractivity contribution >= 4 is 10.9 Å². The molecule has 2 heterocycles. The normalized spacial score (nSPS) is 11.3. The third-order valence-corrected chi connectivity index (χ3v) is 3.61. The molecule has 0 aliphatic rings. The summed E-state index contributed by atoms with van der Waals surface area (Å²) in [5.41, 5.74) is 3.82. The number of rotatable bonds is 5. The van der Waals surface area contributed by atoms with Crippen molar-refractivity contribution in [1.82, 2.24) is 19.7 Å². The van der Waals surface area contributed by atoms with Crippen LogP contribution in [0.5, 0.6) is 0 Å². The largest absolute Gasteiger partial charge is 0.339 e. The van der Waals surface area contributed by atoms with Crippen LogP contribution in [-0.4, -0.2) is 21.4 Å². The molecule has 3 aromatic rings. The molecule has 4 heteroatoms. The van der Waals surface area contributed by atoms with Crippen LogP contribution >= 0.6 is 0 Å². The molecule has 0 amide bonds. The van der Waals surface area contributed by atoms with Gasteiger partial charge in [0.05, 0.1) is 12.7 Å². The number of hydrogen-bond donors (Lipinski definition) is 1. The van der Waals surface area contributed by atoms with Crippen LogP contribution in [0.25, 0.3) is 10.9 Å². The molecule has 0 unspecified atom stereocenters. The minimum atomic E-state index is 0.866. The highest BCUT2D eigenvalue weighted by Gasteiger charge is 2.09. The van der Waals surface area contributed by atoms with E-state index >= 15 is 0 Å². The molecule has 4 nitrogen and oxygen atoms in total. The van der Waals surface area contributed by atoms with Crippen LogP contribution in [0.3, 0.4) is 0 Å². The fraction of sp³-hybridized carbons (Fsp3) is 0.312. The zero-order chi connectivity index (χ0) is 13.9. The topological polar surface area (TPSA) is 34.8 Å². The summed E-state index contributed by atoms with van der Waals surface area (Å²) in [5, 5.41) is 8.90. The van der Waals surface area contributed by atoms with Gasteiger partial charge in [-0.1, -0.05) is 18.2 Å². The molecule has 1 aromatic carbocycles. The van der Waals surface area contributed by atoms with Crippen LogP contribution in [0.1, 0.15) is 18.2 Å². The van der Waals surface area contributed by atoms with E-state index in [1.807, 2.05) is 17.9 Å². The SMILES string of the molecule is CCn1cc(Cn2c(CNC)cc3ccccc32)cn1. The Balaban J connectivity index is 2.01. The second-order valence-corrected chi connectivity index (χ2v) is 5.02. The molecule has 2 aromatic heterocycles. The lowest BCUT2D eigenvalue weighted by molar-refractivity contribution is 0.657. The zero-order valence-corrected chi connectivity index (χ0v) is 12.0. The Morgan fingerprint density at radius 3 is 2.85 bits per heavy atom. The predicted octanol–water partition coefficient (Wildman–Crippen LogP) is 2.63. The van der Waals surface area contributed by atoms with Gasteiger partial charge in [0.25, 0.3) is 0 Å². The average molecular weight is 268 g/mol. The van der Waals surface area contributed by atoms with E-state index in [0.29, 0.717) is 0 Å². The molecule has 3 rings (SSSR count). The van der Waals surface area contributed by atoms with Crippen molar-refractivity contribution in [3.8, 4) is 0 Å². The molecule has 20 heavy (non-hydrogen) atoms. The Hall–Kier alpha value is -2.07. The van der Waals surface area contributed by atoms with Crippen molar-refractivity contribution in [3.63, 3.8) is 0 Å². The molecule has 0 saturated carbocycles. The smallest absolute Gasteiger partial charge is 0.0539 e. The molecule has 0 bridgehead atoms. The van der Waals surface area contributed by atoms with Crippen LogP contribution in [0.15, 0.2) is 42.7 Å². The first-order valence-electron chi connectivity index (χ1n) is 7.05. The fourth-order valence-electron chi connectivity index (χ4n) is 2.63. The molecule has 0 saturated heterocycles. The van der Waals surface area contributed by atoms with E-state index in [-0.39, 0.29) is 0 Å². The second kappa shape index (κ2) is 5.51. The number of nitrogens with zero attached hydrogens (tertiary/aromatic N) is 3. The molecule has 0 aliphatic carbocycles. The average Bonchev–Trinajstić information content (AvgIpc) is 3.05. The maximum absolute atomic E-state index is 4.36. The summed E-state index contributed by atoms with van der Waals surface area (Å²) < 4.78 is 4.33. The Morgan fingerprint density at radius 1 is 1.25 bits per heavy atom. The molecule has 104 valence electrons. The Kier molecular flexibility index (Phi) is 3.56. The van der Waals surface area contributed by atoms with Crippen molar-refractivity contribution in [3.05, 3.63) is 54.0 Å². The zero-order valence-electron chi connectivity index (χ0n) is 12.0. The monoisotopic (exact) mass is 268 g/mol. The number of hydrogen-bond acceptors (Lipinski definition) is 2. The van der Waals surface area contributed by atoms with E-state index in [2.05, 4.69) is 58.4 Å². The van der Waals surface area contributed by atoms with E-state index in [9.17, 15) is 0 Å². The van der Waals surface area contributed by atoms with Gasteiger partial charge in [-0.3, -0.25) is 4.68 Å². The van der Waals surface area contributed by atoms with E-state index in [0.717, 1.165) is 19.6 Å². The summed E-state index contributed by atoms with van der Waals surface area (Å²) in [4.78, 5) is 0. The Morgan fingerprint density at radius 2 is 2.10 bits per heavy atom. The molecule has 0 atom stereocenters. The number of fused-ring (bicyclic) bond motifs is 1. The third kappa shape index (κ3) is 2.34. The van der Waals surface area contributed by atoms with Crippen molar-refractivity contribution in [2.75, 3.05) is 7.05 Å². The third-order valence-electron chi connectivity index (χ3n) is 3.61. The first kappa shape index (κ1) is 12.9. The lowest BCUT2D eigenvalue weighted by Gasteiger charge is -2.09. The second-order valence-electron chi connectivity index (χ2n) is 5.02. The van der Waals surface area contributed by atoms with E-state index in [4.69, 9.17) is 0 Å². The summed E-state index contributed by atoms with van der Waals surface area (Å²) in [5.74, 6) is 0. The Bertz CT molecular complexity index is 708. The predicted molar refractivity (Wildman–Crippen MR) is 81.7 cm³/mol. The van der Waals surface area contributed by atoms with Gasteiger partial charge < -0.3 is 9.88 Å². The maximum atomic E-state index is 4.36. The van der Waals surface area contributed by atoms with Crippen LogP contribution in [-0.2, 0) is 19.6 Å². The number of benzene rings is 1. The molecule has 0 fully saturated rings. The molecular formula is C16H20N4. The molecule has 0 spiro atoms. The van der Waals surface area contributed by atoms with Gasteiger partial charge in [-0.25, -0.2) is 0 Å². The number of aromatic nitrogens is 3. The summed E-state index contributed by atoms with van der Waals surface area (Å²) in [6.45, 7) is 4.76. The number of aryl methyl sites for hydroxylation is 1. The lowest BCUT2D eigenvalue weighted by atomic mass is 10.2. The van der Waals surface area contributed by atoms with Gasteiger partial charge in [0.15, 0.2) is 0 Å². The first-order chi connectivity index (χ1) is 9.81. The van der Waals surface area contributed by atoms with Gasteiger partial charge in [0.1, 0.15) is 0 Å². The summed E-state index contributed by atoms with van der Waals surface area (Å²) in [6.07, 6.45) is 4.08. The summed E-state index contributed by atoms with van der Waals surface area (Å²) in [7, 11) is 1.98. The van der Waals surface area contributed by atoms with Gasteiger partial charge in [0, 0.05) is 36.1 Å². The Labute approximate surface area is 119 Å². The highest BCUT2D eigenvalue weighted by molar-refractivity contribution is 5.81.